The van der Waals surface area contributed by atoms with Gasteiger partial charge in [-0.3, -0.25) is 0 Å². The minimum absolute atomic E-state index is 0.813. The Kier molecular flexibility index (Phi) is 2.63. The van der Waals surface area contributed by atoms with E-state index in [0.29, 0.717) is 0 Å². The molecule has 0 spiro atoms. The summed E-state index contributed by atoms with van der Waals surface area (Å²) >= 11 is 0. The second-order valence-corrected chi connectivity index (χ2v) is 3.87. The zero-order chi connectivity index (χ0) is 10.8. The van der Waals surface area contributed by atoms with Crippen LogP contribution in [0, 0.1) is 13.8 Å². The summed E-state index contributed by atoms with van der Waals surface area (Å²) in [6.07, 6.45) is 0. The van der Waals surface area contributed by atoms with Gasteiger partial charge in [0.1, 0.15) is 7.85 Å². The lowest BCUT2D eigenvalue weighted by atomic mass is 9.90. The summed E-state index contributed by atoms with van der Waals surface area (Å²) in [5, 5.41) is 0. The summed E-state index contributed by atoms with van der Waals surface area (Å²) in [7, 11) is 5.78. The van der Waals surface area contributed by atoms with E-state index in [4.69, 9.17) is 7.85 Å². The lowest BCUT2D eigenvalue weighted by molar-refractivity contribution is 1.34. The summed E-state index contributed by atoms with van der Waals surface area (Å²) in [6.45, 7) is 4.28. The van der Waals surface area contributed by atoms with Crippen LogP contribution in [-0.2, 0) is 0 Å². The van der Waals surface area contributed by atoms with E-state index >= 15 is 0 Å². The van der Waals surface area contributed by atoms with E-state index in [1.807, 2.05) is 18.2 Å². The first kappa shape index (κ1) is 10.0. The van der Waals surface area contributed by atoms with E-state index in [1.54, 1.807) is 0 Å². The van der Waals surface area contributed by atoms with Gasteiger partial charge in [-0.1, -0.05) is 47.9 Å². The number of hydrogen-bond donors (Lipinski definition) is 0. The van der Waals surface area contributed by atoms with Crippen molar-refractivity contribution in [1.29, 1.82) is 0 Å². The normalized spacial score (nSPS) is 10.3. The van der Waals surface area contributed by atoms with Crippen LogP contribution in [0.15, 0.2) is 42.5 Å². The molecule has 2 aromatic carbocycles. The first-order chi connectivity index (χ1) is 7.18. The van der Waals surface area contributed by atoms with E-state index in [0.717, 1.165) is 5.46 Å². The molecule has 0 saturated heterocycles. The molecule has 0 aliphatic heterocycles. The molecular weight excluding hydrogens is 179 g/mol. The Morgan fingerprint density at radius 1 is 0.933 bits per heavy atom. The van der Waals surface area contributed by atoms with Crippen LogP contribution in [0.1, 0.15) is 11.1 Å². The van der Waals surface area contributed by atoms with Crippen molar-refractivity contribution in [2.75, 3.05) is 0 Å². The van der Waals surface area contributed by atoms with Crippen molar-refractivity contribution in [3.8, 4) is 11.1 Å². The largest absolute Gasteiger partial charge is 0.113 e. The van der Waals surface area contributed by atoms with Gasteiger partial charge in [-0.25, -0.2) is 0 Å². The molecule has 2 radical (unpaired) electrons. The molecule has 0 heterocycles. The van der Waals surface area contributed by atoms with Gasteiger partial charge in [0.2, 0.25) is 0 Å². The molecule has 0 atom stereocenters. The lowest BCUT2D eigenvalue weighted by Crippen LogP contribution is -2.00. The fourth-order valence-electron chi connectivity index (χ4n) is 1.77. The second-order valence-electron chi connectivity index (χ2n) is 3.87. The molecule has 72 valence electrons. The van der Waals surface area contributed by atoms with Crippen molar-refractivity contribution in [2.24, 2.45) is 0 Å². The van der Waals surface area contributed by atoms with Crippen molar-refractivity contribution < 1.29 is 0 Å². The fourth-order valence-corrected chi connectivity index (χ4v) is 1.77. The van der Waals surface area contributed by atoms with Gasteiger partial charge in [0.25, 0.3) is 0 Å². The highest BCUT2D eigenvalue weighted by Crippen LogP contribution is 2.24. The van der Waals surface area contributed by atoms with Gasteiger partial charge >= 0.3 is 0 Å². The van der Waals surface area contributed by atoms with Gasteiger partial charge in [-0.15, -0.1) is 0 Å². The molecule has 0 aromatic heterocycles. The SMILES string of the molecule is [B]c1cccc(-c2cccc(C)c2C)c1. The summed E-state index contributed by atoms with van der Waals surface area (Å²) in [5.74, 6) is 0. The minimum atomic E-state index is 0.813. The Labute approximate surface area is 92.4 Å². The molecule has 2 rings (SSSR count). The van der Waals surface area contributed by atoms with Gasteiger partial charge < -0.3 is 0 Å². The monoisotopic (exact) mass is 192 g/mol. The molecule has 0 amide bonds. The minimum Gasteiger partial charge on any atom is -0.0961 e. The molecule has 15 heavy (non-hydrogen) atoms. The lowest BCUT2D eigenvalue weighted by Gasteiger charge is -2.09. The Morgan fingerprint density at radius 3 is 2.40 bits per heavy atom. The molecule has 0 aliphatic carbocycles. The van der Waals surface area contributed by atoms with Crippen LogP contribution in [0.2, 0.25) is 0 Å². The maximum absolute atomic E-state index is 5.78. The highest BCUT2D eigenvalue weighted by atomic mass is 14.1. The molecule has 0 aliphatic rings. The number of rotatable bonds is 1. The summed E-state index contributed by atoms with van der Waals surface area (Å²) in [5.41, 5.74) is 5.91. The molecule has 0 unspecified atom stereocenters. The zero-order valence-corrected chi connectivity index (χ0v) is 9.12. The first-order valence-corrected chi connectivity index (χ1v) is 5.10. The van der Waals surface area contributed by atoms with Crippen molar-refractivity contribution in [3.05, 3.63) is 53.6 Å². The molecule has 0 fully saturated rings. The van der Waals surface area contributed by atoms with Gasteiger partial charge in [0, 0.05) is 0 Å². The van der Waals surface area contributed by atoms with Crippen LogP contribution >= 0.6 is 0 Å². The van der Waals surface area contributed by atoms with Gasteiger partial charge in [-0.05, 0) is 36.1 Å². The highest BCUT2D eigenvalue weighted by molar-refractivity contribution is 6.32. The van der Waals surface area contributed by atoms with E-state index in [1.165, 1.54) is 22.3 Å². The predicted octanol–water partition coefficient (Wildman–Crippen LogP) is 2.76. The van der Waals surface area contributed by atoms with Crippen molar-refractivity contribution in [2.45, 2.75) is 13.8 Å². The standard InChI is InChI=1S/C14H13B/c1-10-5-3-8-14(11(10)2)12-6-4-7-13(15)9-12/h3-9H,1-2H3. The van der Waals surface area contributed by atoms with E-state index < -0.39 is 0 Å². The third-order valence-corrected chi connectivity index (χ3v) is 2.80. The van der Waals surface area contributed by atoms with Crippen LogP contribution in [0.3, 0.4) is 0 Å². The highest BCUT2D eigenvalue weighted by Gasteiger charge is 2.02. The first-order valence-electron chi connectivity index (χ1n) is 5.10. The zero-order valence-electron chi connectivity index (χ0n) is 9.12. The molecule has 0 bridgehead atoms. The fraction of sp³-hybridized carbons (Fsp3) is 0.143. The Bertz CT molecular complexity index is 486. The smallest absolute Gasteiger partial charge is 0.0961 e. The molecule has 0 nitrogen and oxygen atoms in total. The van der Waals surface area contributed by atoms with E-state index in [9.17, 15) is 0 Å². The van der Waals surface area contributed by atoms with Crippen LogP contribution in [-0.4, -0.2) is 7.85 Å². The van der Waals surface area contributed by atoms with Crippen LogP contribution in [0.4, 0.5) is 0 Å². The maximum atomic E-state index is 5.78. The van der Waals surface area contributed by atoms with Crippen LogP contribution in [0.5, 0.6) is 0 Å². The molecule has 1 heteroatoms. The average molecular weight is 192 g/mol. The third-order valence-electron chi connectivity index (χ3n) is 2.80. The number of hydrogen-bond acceptors (Lipinski definition) is 0. The van der Waals surface area contributed by atoms with Crippen LogP contribution < -0.4 is 5.46 Å². The number of aryl methyl sites for hydroxylation is 1. The molecule has 0 N–H and O–H groups in total. The second kappa shape index (κ2) is 3.94. The summed E-state index contributed by atoms with van der Waals surface area (Å²) < 4.78 is 0. The average Bonchev–Trinajstić information content (AvgIpc) is 2.22. The predicted molar refractivity (Wildman–Crippen MR) is 66.7 cm³/mol. The van der Waals surface area contributed by atoms with Gasteiger partial charge in [0.15, 0.2) is 0 Å². The Balaban J connectivity index is 2.59. The number of benzene rings is 2. The van der Waals surface area contributed by atoms with E-state index in [2.05, 4.69) is 38.1 Å². The topological polar surface area (TPSA) is 0 Å². The third kappa shape index (κ3) is 1.96. The summed E-state index contributed by atoms with van der Waals surface area (Å²) in [6, 6.07) is 14.4. The quantitative estimate of drug-likeness (QED) is 0.609. The van der Waals surface area contributed by atoms with Crippen LogP contribution in [0.25, 0.3) is 11.1 Å². The van der Waals surface area contributed by atoms with Gasteiger partial charge in [0.05, 0.1) is 0 Å². The molecular formula is C14H13B. The summed E-state index contributed by atoms with van der Waals surface area (Å²) in [4.78, 5) is 0. The van der Waals surface area contributed by atoms with Crippen molar-refractivity contribution in [1.82, 2.24) is 0 Å². The van der Waals surface area contributed by atoms with Gasteiger partial charge in [-0.2, -0.15) is 0 Å². The Morgan fingerprint density at radius 2 is 1.67 bits per heavy atom. The maximum Gasteiger partial charge on any atom is 0.113 e. The van der Waals surface area contributed by atoms with Crippen molar-refractivity contribution >= 4 is 13.3 Å². The van der Waals surface area contributed by atoms with E-state index in [-0.39, 0.29) is 0 Å². The van der Waals surface area contributed by atoms with Crippen molar-refractivity contribution in [3.63, 3.8) is 0 Å². The Hall–Kier alpha value is -1.50. The molecule has 2 aromatic rings. The molecule has 0 saturated carbocycles.